The highest BCUT2D eigenvalue weighted by Gasteiger charge is 2.36. The average Bonchev–Trinajstić information content (AvgIpc) is 2.96. The molecule has 8 heteroatoms. The summed E-state index contributed by atoms with van der Waals surface area (Å²) in [6.45, 7) is 6.76. The third-order valence-electron chi connectivity index (χ3n) is 6.55. The number of halogens is 2. The largest absolute Gasteiger partial charge is 0.497 e. The summed E-state index contributed by atoms with van der Waals surface area (Å²) in [6, 6.07) is 5.00. The second kappa shape index (κ2) is 8.95. The molecule has 0 amide bonds. The van der Waals surface area contributed by atoms with E-state index in [1.807, 2.05) is 6.08 Å². The van der Waals surface area contributed by atoms with E-state index in [1.165, 1.54) is 13.2 Å². The second-order valence-corrected chi connectivity index (χ2v) is 12.2. The van der Waals surface area contributed by atoms with Gasteiger partial charge in [-0.1, -0.05) is 26.8 Å². The van der Waals surface area contributed by atoms with E-state index >= 15 is 0 Å². The number of alkyl halides is 2. The highest BCUT2D eigenvalue weighted by molar-refractivity contribution is 7.95. The van der Waals surface area contributed by atoms with Crippen LogP contribution in [0.1, 0.15) is 58.7 Å². The minimum absolute atomic E-state index is 0.0852. The zero-order chi connectivity index (χ0) is 24.7. The van der Waals surface area contributed by atoms with Gasteiger partial charge >= 0.3 is 0 Å². The summed E-state index contributed by atoms with van der Waals surface area (Å²) in [4.78, 5) is 5.15. The number of nitrogens with zero attached hydrogens (tertiary/aromatic N) is 2. The molecule has 0 radical (unpaired) electrons. The van der Waals surface area contributed by atoms with Gasteiger partial charge in [0.2, 0.25) is 15.8 Å². The fourth-order valence-corrected chi connectivity index (χ4v) is 5.97. The molecule has 0 saturated heterocycles. The highest BCUT2D eigenvalue weighted by atomic mass is 32.2. The lowest BCUT2D eigenvalue weighted by atomic mass is 9.86. The molecule has 184 valence electrons. The number of aromatic nitrogens is 2. The van der Waals surface area contributed by atoms with E-state index in [-0.39, 0.29) is 34.0 Å². The quantitative estimate of drug-likeness (QED) is 0.493. The van der Waals surface area contributed by atoms with Crippen LogP contribution in [0.15, 0.2) is 58.1 Å². The molecule has 0 spiro atoms. The third kappa shape index (κ3) is 4.97. The van der Waals surface area contributed by atoms with Crippen molar-refractivity contribution in [1.82, 2.24) is 9.55 Å². The minimum atomic E-state index is -3.78. The van der Waals surface area contributed by atoms with E-state index in [0.717, 1.165) is 11.3 Å². The SMILES string of the molecule is COC1=CCC=CC(S(=O)(=O)c2ccc3c(c2)nc(C(C)(C)C)n3CC2CCC(F)(F)CC2)=C1. The predicted octanol–water partition coefficient (Wildman–Crippen LogP) is 6.31. The van der Waals surface area contributed by atoms with Crippen molar-refractivity contribution in [3.8, 4) is 0 Å². The lowest BCUT2D eigenvalue weighted by Gasteiger charge is -2.30. The molecule has 0 atom stereocenters. The standard InChI is InChI=1S/C26H32F2N2O3S/c1-25(2,3)24-29-22-16-21(34(31,32)20-8-6-5-7-19(15-20)33-4)9-10-23(22)30(24)17-18-11-13-26(27,28)14-12-18/h6-10,15-16,18H,5,11-14,17H2,1-4H3. The number of benzene rings is 1. The summed E-state index contributed by atoms with van der Waals surface area (Å²) in [5.74, 6) is -1.10. The summed E-state index contributed by atoms with van der Waals surface area (Å²) >= 11 is 0. The summed E-state index contributed by atoms with van der Waals surface area (Å²) in [6.07, 6.45) is 8.09. The first-order valence-electron chi connectivity index (χ1n) is 11.7. The van der Waals surface area contributed by atoms with Gasteiger partial charge in [0.25, 0.3) is 0 Å². The molecule has 34 heavy (non-hydrogen) atoms. The number of sulfone groups is 1. The van der Waals surface area contributed by atoms with Crippen molar-refractivity contribution in [3.05, 3.63) is 59.0 Å². The molecule has 2 aliphatic rings. The lowest BCUT2D eigenvalue weighted by molar-refractivity contribution is -0.0473. The molecule has 1 aromatic heterocycles. The number of methoxy groups -OCH3 is 1. The highest BCUT2D eigenvalue weighted by Crippen LogP contribution is 2.38. The molecule has 5 nitrogen and oxygen atoms in total. The number of ether oxygens (including phenoxy) is 1. The molecule has 0 N–H and O–H groups in total. The maximum atomic E-state index is 13.7. The smallest absolute Gasteiger partial charge is 0.248 e. The van der Waals surface area contributed by atoms with E-state index < -0.39 is 15.8 Å². The molecule has 1 saturated carbocycles. The van der Waals surface area contributed by atoms with Crippen LogP contribution in [0.5, 0.6) is 0 Å². The van der Waals surface area contributed by atoms with Crippen molar-refractivity contribution in [2.24, 2.45) is 5.92 Å². The zero-order valence-electron chi connectivity index (χ0n) is 20.1. The topological polar surface area (TPSA) is 61.2 Å². The Hall–Kier alpha value is -2.48. The number of rotatable bonds is 5. The Kier molecular flexibility index (Phi) is 6.48. The molecule has 1 heterocycles. The van der Waals surface area contributed by atoms with Gasteiger partial charge in [0.15, 0.2) is 0 Å². The summed E-state index contributed by atoms with van der Waals surface area (Å²) in [7, 11) is -2.27. The molecule has 0 unspecified atom stereocenters. The fourth-order valence-electron chi connectivity index (χ4n) is 4.64. The van der Waals surface area contributed by atoms with Gasteiger partial charge in [-0.05, 0) is 61.6 Å². The van der Waals surface area contributed by atoms with E-state index in [9.17, 15) is 17.2 Å². The Morgan fingerprint density at radius 1 is 1.21 bits per heavy atom. The molecule has 1 fully saturated rings. The van der Waals surface area contributed by atoms with Gasteiger partial charge in [0.1, 0.15) is 11.6 Å². The number of fused-ring (bicyclic) bond motifs is 1. The fraction of sp³-hybridized carbons (Fsp3) is 0.500. The Bertz CT molecular complexity index is 1270. The molecular weight excluding hydrogens is 458 g/mol. The summed E-state index contributed by atoms with van der Waals surface area (Å²) < 4.78 is 61.5. The van der Waals surface area contributed by atoms with Crippen LogP contribution in [0.4, 0.5) is 8.78 Å². The maximum Gasteiger partial charge on any atom is 0.248 e. The molecule has 0 bridgehead atoms. The van der Waals surface area contributed by atoms with Crippen molar-refractivity contribution in [2.45, 2.75) is 75.7 Å². The first-order chi connectivity index (χ1) is 15.9. The number of allylic oxidation sites excluding steroid dienone is 4. The van der Waals surface area contributed by atoms with Crippen LogP contribution < -0.4 is 0 Å². The normalized spacial score (nSPS) is 19.6. The number of imidazole rings is 1. The third-order valence-corrected chi connectivity index (χ3v) is 8.30. The summed E-state index contributed by atoms with van der Waals surface area (Å²) in [5.41, 5.74) is 1.12. The average molecular weight is 491 g/mol. The van der Waals surface area contributed by atoms with Crippen LogP contribution in [0.25, 0.3) is 11.0 Å². The van der Waals surface area contributed by atoms with E-state index in [1.54, 1.807) is 30.4 Å². The maximum absolute atomic E-state index is 13.7. The van der Waals surface area contributed by atoms with Crippen molar-refractivity contribution >= 4 is 20.9 Å². The van der Waals surface area contributed by atoms with E-state index in [0.29, 0.717) is 37.1 Å². The van der Waals surface area contributed by atoms with Gasteiger partial charge in [0, 0.05) is 24.8 Å². The molecule has 2 aromatic rings. The van der Waals surface area contributed by atoms with Crippen molar-refractivity contribution < 1.29 is 21.9 Å². The van der Waals surface area contributed by atoms with Crippen LogP contribution in [0.3, 0.4) is 0 Å². The summed E-state index contributed by atoms with van der Waals surface area (Å²) in [5, 5.41) is 0. The van der Waals surface area contributed by atoms with Gasteiger partial charge in [-0.2, -0.15) is 0 Å². The Morgan fingerprint density at radius 2 is 1.91 bits per heavy atom. The van der Waals surface area contributed by atoms with Crippen molar-refractivity contribution in [3.63, 3.8) is 0 Å². The zero-order valence-corrected chi connectivity index (χ0v) is 21.0. The first kappa shape index (κ1) is 24.6. The Balaban J connectivity index is 1.73. The second-order valence-electron chi connectivity index (χ2n) is 10.2. The Morgan fingerprint density at radius 3 is 2.56 bits per heavy atom. The monoisotopic (exact) mass is 490 g/mol. The van der Waals surface area contributed by atoms with Crippen molar-refractivity contribution in [2.75, 3.05) is 7.11 Å². The molecule has 1 aromatic carbocycles. The molecule has 0 aliphatic heterocycles. The number of hydrogen-bond donors (Lipinski definition) is 0. The van der Waals surface area contributed by atoms with Crippen LogP contribution in [-0.2, 0) is 26.5 Å². The number of hydrogen-bond acceptors (Lipinski definition) is 4. The van der Waals surface area contributed by atoms with E-state index in [2.05, 4.69) is 25.3 Å². The van der Waals surface area contributed by atoms with Crippen molar-refractivity contribution in [1.29, 1.82) is 0 Å². The van der Waals surface area contributed by atoms with Crippen LogP contribution in [0, 0.1) is 5.92 Å². The predicted molar refractivity (Wildman–Crippen MR) is 129 cm³/mol. The molecule has 4 rings (SSSR count). The van der Waals surface area contributed by atoms with Gasteiger partial charge in [-0.3, -0.25) is 0 Å². The first-order valence-corrected chi connectivity index (χ1v) is 13.2. The van der Waals surface area contributed by atoms with Gasteiger partial charge in [-0.15, -0.1) is 0 Å². The molecular formula is C26H32F2N2O3S. The Labute approximate surface area is 200 Å². The van der Waals surface area contributed by atoms with Crippen LogP contribution in [0.2, 0.25) is 0 Å². The lowest BCUT2D eigenvalue weighted by Crippen LogP contribution is -2.28. The van der Waals surface area contributed by atoms with Gasteiger partial charge in [0.05, 0.1) is 27.9 Å². The van der Waals surface area contributed by atoms with Gasteiger partial charge in [-0.25, -0.2) is 22.2 Å². The minimum Gasteiger partial charge on any atom is -0.497 e. The van der Waals surface area contributed by atoms with E-state index in [4.69, 9.17) is 9.72 Å². The van der Waals surface area contributed by atoms with Crippen LogP contribution in [-0.4, -0.2) is 31.0 Å². The van der Waals surface area contributed by atoms with Gasteiger partial charge < -0.3 is 9.30 Å². The van der Waals surface area contributed by atoms with Crippen LogP contribution >= 0.6 is 0 Å². The molecule has 2 aliphatic carbocycles.